The van der Waals surface area contributed by atoms with E-state index < -0.39 is 0 Å². The second kappa shape index (κ2) is 8.85. The van der Waals surface area contributed by atoms with Crippen molar-refractivity contribution in [2.24, 2.45) is 0 Å². The Balaban J connectivity index is 0.00000208. The van der Waals surface area contributed by atoms with Crippen molar-refractivity contribution in [2.45, 2.75) is 25.3 Å². The smallest absolute Gasteiger partial charge is 0.251 e. The summed E-state index contributed by atoms with van der Waals surface area (Å²) in [6, 6.07) is 9.43. The first-order valence-electron chi connectivity index (χ1n) is 8.05. The molecule has 2 heterocycles. The number of nitrogens with zero attached hydrogens (tertiary/aromatic N) is 1. The van der Waals surface area contributed by atoms with Crippen LogP contribution in [0.5, 0.6) is 0 Å². The Bertz CT molecular complexity index is 625. The fourth-order valence-corrected chi connectivity index (χ4v) is 3.01. The molecule has 1 saturated heterocycles. The average molecular weight is 353 g/mol. The summed E-state index contributed by atoms with van der Waals surface area (Å²) in [5.74, 6) is 0.327. The number of rotatable bonds is 5. The lowest BCUT2D eigenvalue weighted by Gasteiger charge is -2.33. The van der Waals surface area contributed by atoms with E-state index in [2.05, 4.69) is 10.2 Å². The lowest BCUT2D eigenvalue weighted by Crippen LogP contribution is -2.40. The van der Waals surface area contributed by atoms with Crippen LogP contribution in [0.3, 0.4) is 0 Å². The molecule has 2 aromatic rings. The fourth-order valence-electron chi connectivity index (χ4n) is 3.01. The topological polar surface area (TPSA) is 45.5 Å². The molecule has 1 atom stereocenters. The first-order chi connectivity index (χ1) is 11.2. The highest BCUT2D eigenvalue weighted by atomic mass is 35.5. The molecule has 1 aromatic carbocycles. The van der Waals surface area contributed by atoms with Crippen molar-refractivity contribution < 1.29 is 13.6 Å². The molecule has 1 aliphatic rings. The maximum atomic E-state index is 12.9. The highest BCUT2D eigenvalue weighted by Crippen LogP contribution is 2.24. The number of benzene rings is 1. The number of nitrogens with one attached hydrogen (secondary N) is 1. The zero-order valence-electron chi connectivity index (χ0n) is 13.4. The molecule has 1 amide bonds. The van der Waals surface area contributed by atoms with Gasteiger partial charge >= 0.3 is 0 Å². The molecule has 4 nitrogen and oxygen atoms in total. The van der Waals surface area contributed by atoms with Crippen LogP contribution in [0.2, 0.25) is 0 Å². The molecule has 0 saturated carbocycles. The molecular formula is C18H22ClFN2O2. The van der Waals surface area contributed by atoms with Gasteiger partial charge in [-0.05, 0) is 62.3 Å². The van der Waals surface area contributed by atoms with Crippen molar-refractivity contribution in [3.8, 4) is 0 Å². The molecule has 0 spiro atoms. The van der Waals surface area contributed by atoms with Gasteiger partial charge in [0.05, 0.1) is 12.3 Å². The van der Waals surface area contributed by atoms with Crippen molar-refractivity contribution in [1.82, 2.24) is 10.2 Å². The zero-order valence-corrected chi connectivity index (χ0v) is 14.2. The third kappa shape index (κ3) is 4.58. The molecule has 0 bridgehead atoms. The molecule has 1 unspecified atom stereocenters. The molecule has 0 aliphatic carbocycles. The minimum absolute atomic E-state index is 0. The van der Waals surface area contributed by atoms with Gasteiger partial charge in [0.1, 0.15) is 11.6 Å². The Kier molecular flexibility index (Phi) is 6.82. The van der Waals surface area contributed by atoms with Gasteiger partial charge < -0.3 is 9.73 Å². The van der Waals surface area contributed by atoms with Crippen LogP contribution in [0.25, 0.3) is 0 Å². The predicted octanol–water partition coefficient (Wildman–Crippen LogP) is 3.80. The van der Waals surface area contributed by atoms with Crippen LogP contribution in [0, 0.1) is 5.82 Å². The van der Waals surface area contributed by atoms with E-state index in [1.807, 2.05) is 12.1 Å². The Morgan fingerprint density at radius 1 is 1.17 bits per heavy atom. The normalized spacial score (nSPS) is 16.2. The summed E-state index contributed by atoms with van der Waals surface area (Å²) in [6.07, 6.45) is 5.25. The first kappa shape index (κ1) is 18.5. The Labute approximate surface area is 147 Å². The van der Waals surface area contributed by atoms with E-state index in [1.165, 1.54) is 43.5 Å². The predicted molar refractivity (Wildman–Crippen MR) is 92.9 cm³/mol. The van der Waals surface area contributed by atoms with E-state index in [-0.39, 0.29) is 30.2 Å². The van der Waals surface area contributed by atoms with Gasteiger partial charge in [0.25, 0.3) is 5.91 Å². The van der Waals surface area contributed by atoms with Crippen LogP contribution in [-0.4, -0.2) is 30.4 Å². The maximum absolute atomic E-state index is 12.9. The Morgan fingerprint density at radius 2 is 1.88 bits per heavy atom. The van der Waals surface area contributed by atoms with Gasteiger partial charge in [-0.1, -0.05) is 6.42 Å². The van der Waals surface area contributed by atoms with Crippen LogP contribution in [-0.2, 0) is 0 Å². The molecule has 1 aliphatic heterocycles. The van der Waals surface area contributed by atoms with E-state index in [1.54, 1.807) is 6.26 Å². The van der Waals surface area contributed by atoms with E-state index in [0.29, 0.717) is 12.1 Å². The quantitative estimate of drug-likeness (QED) is 0.890. The second-order valence-corrected chi connectivity index (χ2v) is 5.84. The van der Waals surface area contributed by atoms with Gasteiger partial charge in [-0.2, -0.15) is 0 Å². The molecule has 6 heteroatoms. The SMILES string of the molecule is Cl.O=C(NCC(c1ccco1)N1CCCCC1)c1ccc(F)cc1. The molecule has 24 heavy (non-hydrogen) atoms. The average Bonchev–Trinajstić information content (AvgIpc) is 3.11. The fraction of sp³-hybridized carbons (Fsp3) is 0.389. The standard InChI is InChI=1S/C18H21FN2O2.ClH/c19-15-8-6-14(7-9-15)18(22)20-13-16(17-5-4-12-23-17)21-10-2-1-3-11-21;/h4-9,12,16H,1-3,10-11,13H2,(H,20,22);1H. The molecule has 0 radical (unpaired) electrons. The van der Waals surface area contributed by atoms with E-state index in [0.717, 1.165) is 18.8 Å². The number of furan rings is 1. The molecule has 1 fully saturated rings. The van der Waals surface area contributed by atoms with Crippen molar-refractivity contribution in [3.63, 3.8) is 0 Å². The third-order valence-corrected chi connectivity index (χ3v) is 4.27. The van der Waals surface area contributed by atoms with E-state index in [9.17, 15) is 9.18 Å². The van der Waals surface area contributed by atoms with Crippen LogP contribution < -0.4 is 5.32 Å². The van der Waals surface area contributed by atoms with Crippen LogP contribution >= 0.6 is 12.4 Å². The molecule has 130 valence electrons. The summed E-state index contributed by atoms with van der Waals surface area (Å²) >= 11 is 0. The monoisotopic (exact) mass is 352 g/mol. The van der Waals surface area contributed by atoms with Gasteiger partial charge in [-0.25, -0.2) is 4.39 Å². The number of amides is 1. The number of carbonyl (C=O) groups excluding carboxylic acids is 1. The lowest BCUT2D eigenvalue weighted by molar-refractivity contribution is 0.0914. The summed E-state index contributed by atoms with van der Waals surface area (Å²) in [4.78, 5) is 14.6. The molecule has 1 aromatic heterocycles. The molecule has 1 N–H and O–H groups in total. The van der Waals surface area contributed by atoms with Gasteiger partial charge in [-0.15, -0.1) is 12.4 Å². The van der Waals surface area contributed by atoms with E-state index >= 15 is 0 Å². The summed E-state index contributed by atoms with van der Waals surface area (Å²) in [5.41, 5.74) is 0.461. The van der Waals surface area contributed by atoms with Crippen molar-refractivity contribution in [2.75, 3.05) is 19.6 Å². The number of likely N-dealkylation sites (tertiary alicyclic amines) is 1. The lowest BCUT2D eigenvalue weighted by atomic mass is 10.1. The van der Waals surface area contributed by atoms with Crippen molar-refractivity contribution >= 4 is 18.3 Å². The zero-order chi connectivity index (χ0) is 16.1. The van der Waals surface area contributed by atoms with Gasteiger partial charge in [0.2, 0.25) is 0 Å². The number of hydrogen-bond donors (Lipinski definition) is 1. The molecule has 3 rings (SSSR count). The van der Waals surface area contributed by atoms with Crippen LogP contribution in [0.4, 0.5) is 4.39 Å². The minimum atomic E-state index is -0.344. The Morgan fingerprint density at radius 3 is 2.50 bits per heavy atom. The largest absolute Gasteiger partial charge is 0.468 e. The maximum Gasteiger partial charge on any atom is 0.251 e. The summed E-state index contributed by atoms with van der Waals surface area (Å²) in [6.45, 7) is 2.50. The van der Waals surface area contributed by atoms with Crippen LogP contribution in [0.1, 0.15) is 41.4 Å². The van der Waals surface area contributed by atoms with Gasteiger partial charge in [0.15, 0.2) is 0 Å². The van der Waals surface area contributed by atoms with Gasteiger partial charge in [-0.3, -0.25) is 9.69 Å². The Hall–Kier alpha value is -1.85. The number of halogens is 2. The molecular weight excluding hydrogens is 331 g/mol. The number of carbonyl (C=O) groups is 1. The minimum Gasteiger partial charge on any atom is -0.468 e. The number of piperidine rings is 1. The third-order valence-electron chi connectivity index (χ3n) is 4.27. The summed E-state index contributed by atoms with van der Waals surface area (Å²) in [7, 11) is 0. The van der Waals surface area contributed by atoms with Crippen molar-refractivity contribution in [3.05, 3.63) is 59.8 Å². The second-order valence-electron chi connectivity index (χ2n) is 5.84. The summed E-state index contributed by atoms with van der Waals surface area (Å²) < 4.78 is 18.5. The highest BCUT2D eigenvalue weighted by molar-refractivity contribution is 5.94. The van der Waals surface area contributed by atoms with Gasteiger partial charge in [0, 0.05) is 12.1 Å². The van der Waals surface area contributed by atoms with Crippen molar-refractivity contribution in [1.29, 1.82) is 0 Å². The highest BCUT2D eigenvalue weighted by Gasteiger charge is 2.25. The van der Waals surface area contributed by atoms with E-state index in [4.69, 9.17) is 4.42 Å². The summed E-state index contributed by atoms with van der Waals surface area (Å²) in [5, 5.41) is 2.94. The number of hydrogen-bond acceptors (Lipinski definition) is 3. The van der Waals surface area contributed by atoms with Crippen LogP contribution in [0.15, 0.2) is 47.1 Å². The first-order valence-corrected chi connectivity index (χ1v) is 8.05.